The largest absolute Gasteiger partial charge is 0.343 e. The van der Waals surface area contributed by atoms with Gasteiger partial charge in [-0.2, -0.15) is 0 Å². The Morgan fingerprint density at radius 2 is 2.28 bits per heavy atom. The SMILES string of the molecule is c1nc2ncc(-c3cn(CC4CC4)nn3)cc2[nH]1. The van der Waals surface area contributed by atoms with Crippen LogP contribution < -0.4 is 0 Å². The van der Waals surface area contributed by atoms with Crippen LogP contribution in [0.25, 0.3) is 22.4 Å². The van der Waals surface area contributed by atoms with Crippen molar-refractivity contribution < 1.29 is 0 Å². The Labute approximate surface area is 103 Å². The van der Waals surface area contributed by atoms with E-state index in [2.05, 4.69) is 25.3 Å². The maximum atomic E-state index is 4.28. The number of aromatic nitrogens is 6. The fraction of sp³-hybridized carbons (Fsp3) is 0.333. The number of imidazole rings is 1. The van der Waals surface area contributed by atoms with Crippen molar-refractivity contribution in [3.8, 4) is 11.3 Å². The number of nitrogens with zero attached hydrogens (tertiary/aromatic N) is 5. The number of nitrogens with one attached hydrogen (secondary N) is 1. The second kappa shape index (κ2) is 3.63. The summed E-state index contributed by atoms with van der Waals surface area (Å²) in [6.07, 6.45) is 8.05. The molecule has 0 spiro atoms. The first-order valence-electron chi connectivity index (χ1n) is 6.08. The zero-order valence-electron chi connectivity index (χ0n) is 9.74. The number of fused-ring (bicyclic) bond motifs is 1. The average molecular weight is 240 g/mol. The highest BCUT2D eigenvalue weighted by atomic mass is 15.4. The molecule has 0 aliphatic heterocycles. The summed E-state index contributed by atoms with van der Waals surface area (Å²) in [5.41, 5.74) is 3.47. The first kappa shape index (κ1) is 9.76. The summed E-state index contributed by atoms with van der Waals surface area (Å²) in [5.74, 6) is 0.799. The molecule has 0 saturated heterocycles. The van der Waals surface area contributed by atoms with Crippen molar-refractivity contribution >= 4 is 11.2 Å². The number of aromatic amines is 1. The van der Waals surface area contributed by atoms with E-state index < -0.39 is 0 Å². The molecule has 3 aromatic rings. The highest BCUT2D eigenvalue weighted by molar-refractivity contribution is 5.76. The number of pyridine rings is 1. The van der Waals surface area contributed by atoms with Crippen LogP contribution in [0.2, 0.25) is 0 Å². The van der Waals surface area contributed by atoms with E-state index in [0.717, 1.165) is 34.9 Å². The molecule has 0 atom stereocenters. The Kier molecular flexibility index (Phi) is 1.97. The van der Waals surface area contributed by atoms with Gasteiger partial charge in [-0.05, 0) is 24.8 Å². The van der Waals surface area contributed by atoms with Crippen LogP contribution in [0.5, 0.6) is 0 Å². The number of H-pyrrole nitrogens is 1. The third-order valence-corrected chi connectivity index (χ3v) is 3.25. The van der Waals surface area contributed by atoms with Crippen molar-refractivity contribution in [1.82, 2.24) is 29.9 Å². The van der Waals surface area contributed by atoms with Gasteiger partial charge in [0.1, 0.15) is 5.69 Å². The Balaban J connectivity index is 1.69. The predicted molar refractivity (Wildman–Crippen MR) is 65.6 cm³/mol. The lowest BCUT2D eigenvalue weighted by Crippen LogP contribution is -1.99. The second-order valence-electron chi connectivity index (χ2n) is 4.77. The fourth-order valence-corrected chi connectivity index (χ4v) is 2.05. The summed E-state index contributed by atoms with van der Waals surface area (Å²) in [6.45, 7) is 0.979. The van der Waals surface area contributed by atoms with E-state index in [-0.39, 0.29) is 0 Å². The second-order valence-corrected chi connectivity index (χ2v) is 4.77. The first-order chi connectivity index (χ1) is 8.88. The average Bonchev–Trinajstić information content (AvgIpc) is 2.91. The highest BCUT2D eigenvalue weighted by Gasteiger charge is 2.22. The van der Waals surface area contributed by atoms with Crippen molar-refractivity contribution in [2.45, 2.75) is 19.4 Å². The standard InChI is InChI=1S/C12H12N6/c1-2-8(1)5-18-6-11(16-17-18)9-3-10-12(13-4-9)15-7-14-10/h3-4,6-8H,1-2,5H2,(H,13,14,15). The van der Waals surface area contributed by atoms with Crippen molar-refractivity contribution in [1.29, 1.82) is 0 Å². The molecule has 1 fully saturated rings. The third kappa shape index (κ3) is 1.66. The zero-order chi connectivity index (χ0) is 11.9. The molecule has 4 rings (SSSR count). The van der Waals surface area contributed by atoms with Crippen LogP contribution in [0.3, 0.4) is 0 Å². The van der Waals surface area contributed by atoms with Gasteiger partial charge in [0.05, 0.1) is 18.0 Å². The molecule has 6 heteroatoms. The van der Waals surface area contributed by atoms with Gasteiger partial charge < -0.3 is 4.98 Å². The number of hydrogen-bond donors (Lipinski definition) is 1. The minimum Gasteiger partial charge on any atom is -0.343 e. The van der Waals surface area contributed by atoms with E-state index in [0.29, 0.717) is 0 Å². The maximum absolute atomic E-state index is 4.28. The number of rotatable bonds is 3. The minimum atomic E-state index is 0.726. The van der Waals surface area contributed by atoms with Crippen LogP contribution in [0.15, 0.2) is 24.8 Å². The zero-order valence-corrected chi connectivity index (χ0v) is 9.74. The molecule has 1 N–H and O–H groups in total. The van der Waals surface area contributed by atoms with Crippen LogP contribution in [0.1, 0.15) is 12.8 Å². The Hall–Kier alpha value is -2.24. The summed E-state index contributed by atoms with van der Waals surface area (Å²) in [5, 5.41) is 8.35. The monoisotopic (exact) mass is 240 g/mol. The molecule has 18 heavy (non-hydrogen) atoms. The normalized spacial score (nSPS) is 15.3. The summed E-state index contributed by atoms with van der Waals surface area (Å²) in [7, 11) is 0. The smallest absolute Gasteiger partial charge is 0.177 e. The van der Waals surface area contributed by atoms with Crippen molar-refractivity contribution in [3.05, 3.63) is 24.8 Å². The molecule has 90 valence electrons. The van der Waals surface area contributed by atoms with Crippen LogP contribution in [-0.2, 0) is 6.54 Å². The molecule has 0 radical (unpaired) electrons. The molecular weight excluding hydrogens is 228 g/mol. The summed E-state index contributed by atoms with van der Waals surface area (Å²) < 4.78 is 1.92. The highest BCUT2D eigenvalue weighted by Crippen LogP contribution is 2.30. The summed E-state index contributed by atoms with van der Waals surface area (Å²) in [4.78, 5) is 11.4. The van der Waals surface area contributed by atoms with E-state index in [4.69, 9.17) is 0 Å². The van der Waals surface area contributed by atoms with Gasteiger partial charge in [0.2, 0.25) is 0 Å². The summed E-state index contributed by atoms with van der Waals surface area (Å²) >= 11 is 0. The van der Waals surface area contributed by atoms with Crippen molar-refractivity contribution in [2.24, 2.45) is 5.92 Å². The number of hydrogen-bond acceptors (Lipinski definition) is 4. The van der Waals surface area contributed by atoms with Crippen molar-refractivity contribution in [3.63, 3.8) is 0 Å². The van der Waals surface area contributed by atoms with Crippen LogP contribution in [-0.4, -0.2) is 29.9 Å². The van der Waals surface area contributed by atoms with Crippen molar-refractivity contribution in [2.75, 3.05) is 0 Å². The maximum Gasteiger partial charge on any atom is 0.177 e. The molecule has 1 saturated carbocycles. The topological polar surface area (TPSA) is 72.3 Å². The predicted octanol–water partition coefficient (Wildman–Crippen LogP) is 1.63. The lowest BCUT2D eigenvalue weighted by molar-refractivity contribution is 0.544. The van der Waals surface area contributed by atoms with E-state index in [9.17, 15) is 0 Å². The summed E-state index contributed by atoms with van der Waals surface area (Å²) in [6, 6.07) is 2.00. The van der Waals surface area contributed by atoms with E-state index in [1.165, 1.54) is 12.8 Å². The van der Waals surface area contributed by atoms with Gasteiger partial charge in [-0.3, -0.25) is 4.68 Å². The molecule has 1 aliphatic rings. The molecule has 3 aromatic heterocycles. The Morgan fingerprint density at radius 3 is 3.17 bits per heavy atom. The first-order valence-corrected chi connectivity index (χ1v) is 6.08. The van der Waals surface area contributed by atoms with Gasteiger partial charge in [0.15, 0.2) is 5.65 Å². The molecule has 0 aromatic carbocycles. The minimum absolute atomic E-state index is 0.726. The van der Waals surface area contributed by atoms with Gasteiger partial charge >= 0.3 is 0 Å². The third-order valence-electron chi connectivity index (χ3n) is 3.25. The molecule has 0 unspecified atom stereocenters. The van der Waals surface area contributed by atoms with Gasteiger partial charge in [-0.15, -0.1) is 5.10 Å². The van der Waals surface area contributed by atoms with Crippen LogP contribution in [0.4, 0.5) is 0 Å². The lowest BCUT2D eigenvalue weighted by atomic mass is 10.2. The molecule has 1 aliphatic carbocycles. The van der Waals surface area contributed by atoms with E-state index in [1.807, 2.05) is 16.9 Å². The van der Waals surface area contributed by atoms with Gasteiger partial charge in [-0.25, -0.2) is 9.97 Å². The molecule has 6 nitrogen and oxygen atoms in total. The molecule has 0 bridgehead atoms. The van der Waals surface area contributed by atoms with Crippen LogP contribution >= 0.6 is 0 Å². The molecular formula is C12H12N6. The fourth-order valence-electron chi connectivity index (χ4n) is 2.05. The van der Waals surface area contributed by atoms with E-state index >= 15 is 0 Å². The van der Waals surface area contributed by atoms with Gasteiger partial charge in [-0.1, -0.05) is 5.21 Å². The molecule has 3 heterocycles. The Bertz CT molecular complexity index is 693. The Morgan fingerprint density at radius 1 is 1.33 bits per heavy atom. The van der Waals surface area contributed by atoms with E-state index in [1.54, 1.807) is 12.5 Å². The van der Waals surface area contributed by atoms with Gasteiger partial charge in [0.25, 0.3) is 0 Å². The van der Waals surface area contributed by atoms with Crippen LogP contribution in [0, 0.1) is 5.92 Å². The molecule has 0 amide bonds. The quantitative estimate of drug-likeness (QED) is 0.755. The lowest BCUT2D eigenvalue weighted by Gasteiger charge is -1.96. The van der Waals surface area contributed by atoms with Gasteiger partial charge in [0, 0.05) is 18.3 Å².